The summed E-state index contributed by atoms with van der Waals surface area (Å²) in [5.41, 5.74) is 1.15. The molecule has 0 saturated heterocycles. The molecule has 7 nitrogen and oxygen atoms in total. The number of ether oxygens (including phenoxy) is 1. The van der Waals surface area contributed by atoms with Gasteiger partial charge in [-0.2, -0.15) is 5.26 Å². The number of rotatable bonds is 5. The van der Waals surface area contributed by atoms with Gasteiger partial charge in [-0.3, -0.25) is 10.1 Å². The minimum Gasteiger partial charge on any atom is -0.462 e. The smallest absolute Gasteiger partial charge is 0.433 e. The van der Waals surface area contributed by atoms with Crippen molar-refractivity contribution in [2.24, 2.45) is 0 Å². The van der Waals surface area contributed by atoms with Crippen molar-refractivity contribution in [2.45, 2.75) is 6.92 Å². The zero-order valence-corrected chi connectivity index (χ0v) is 12.2. The normalized spacial score (nSPS) is 10.9. The molecule has 23 heavy (non-hydrogen) atoms. The molecule has 2 rings (SSSR count). The zero-order valence-electron chi connectivity index (χ0n) is 12.2. The Balaban J connectivity index is 2.43. The topological polar surface area (TPSA) is 106 Å². The van der Waals surface area contributed by atoms with Crippen LogP contribution in [0.15, 0.2) is 40.8 Å². The minimum absolute atomic E-state index is 0.157. The first-order chi connectivity index (χ1) is 11.0. The van der Waals surface area contributed by atoms with Crippen molar-refractivity contribution in [3.05, 3.63) is 63.4 Å². The van der Waals surface area contributed by atoms with E-state index in [-0.39, 0.29) is 17.9 Å². The van der Waals surface area contributed by atoms with Crippen LogP contribution in [0.3, 0.4) is 0 Å². The molecule has 1 aromatic heterocycles. The van der Waals surface area contributed by atoms with Crippen LogP contribution in [-0.4, -0.2) is 17.5 Å². The number of esters is 1. The lowest BCUT2D eigenvalue weighted by Gasteiger charge is -2.07. The number of nitrogens with zero attached hydrogens (tertiary/aromatic N) is 2. The van der Waals surface area contributed by atoms with Gasteiger partial charge in [-0.25, -0.2) is 4.79 Å². The number of furan rings is 1. The van der Waals surface area contributed by atoms with Crippen molar-refractivity contribution in [1.29, 1.82) is 5.26 Å². The van der Waals surface area contributed by atoms with E-state index in [0.29, 0.717) is 11.1 Å². The maximum absolute atomic E-state index is 12.1. The Morgan fingerprint density at radius 3 is 2.57 bits per heavy atom. The molecule has 0 unspecified atom stereocenters. The quantitative estimate of drug-likeness (QED) is 0.363. The molecule has 0 radical (unpaired) electrons. The van der Waals surface area contributed by atoms with E-state index >= 15 is 0 Å². The first-order valence-corrected chi connectivity index (χ1v) is 6.68. The van der Waals surface area contributed by atoms with Crippen LogP contribution in [0.2, 0.25) is 0 Å². The highest BCUT2D eigenvalue weighted by Gasteiger charge is 2.16. The lowest BCUT2D eigenvalue weighted by atomic mass is 10.0. The van der Waals surface area contributed by atoms with Crippen molar-refractivity contribution >= 4 is 23.5 Å². The summed E-state index contributed by atoms with van der Waals surface area (Å²) in [6, 6.07) is 10.9. The molecule has 0 amide bonds. The molecule has 0 N–H and O–H groups in total. The molecule has 0 spiro atoms. The van der Waals surface area contributed by atoms with E-state index in [9.17, 15) is 14.9 Å². The van der Waals surface area contributed by atoms with Crippen LogP contribution in [0, 0.1) is 21.4 Å². The van der Waals surface area contributed by atoms with Gasteiger partial charge in [-0.15, -0.1) is 0 Å². The van der Waals surface area contributed by atoms with E-state index in [1.54, 1.807) is 31.2 Å². The highest BCUT2D eigenvalue weighted by Crippen LogP contribution is 2.24. The first-order valence-electron chi connectivity index (χ1n) is 6.68. The minimum atomic E-state index is -0.664. The largest absolute Gasteiger partial charge is 0.462 e. The summed E-state index contributed by atoms with van der Waals surface area (Å²) < 4.78 is 10.0. The van der Waals surface area contributed by atoms with Crippen LogP contribution >= 0.6 is 0 Å². The van der Waals surface area contributed by atoms with Crippen molar-refractivity contribution in [2.75, 3.05) is 6.61 Å². The van der Waals surface area contributed by atoms with Crippen LogP contribution in [0.1, 0.15) is 23.8 Å². The third-order valence-electron chi connectivity index (χ3n) is 2.90. The maximum atomic E-state index is 12.1. The van der Waals surface area contributed by atoms with Crippen LogP contribution in [-0.2, 0) is 9.53 Å². The summed E-state index contributed by atoms with van der Waals surface area (Å²) in [6.07, 6.45) is 1.37. The summed E-state index contributed by atoms with van der Waals surface area (Å²) in [5, 5.41) is 19.5. The zero-order chi connectivity index (χ0) is 16.8. The van der Waals surface area contributed by atoms with Gasteiger partial charge in [0, 0.05) is 0 Å². The molecule has 0 aliphatic rings. The molecule has 0 saturated carbocycles. The Bertz CT molecular complexity index is 797. The second kappa shape index (κ2) is 7.04. The number of carbonyl (C=O) groups is 1. The second-order valence-corrected chi connectivity index (χ2v) is 4.40. The van der Waals surface area contributed by atoms with Crippen LogP contribution in [0.5, 0.6) is 0 Å². The van der Waals surface area contributed by atoms with Crippen molar-refractivity contribution < 1.29 is 18.9 Å². The molecule has 0 aliphatic carbocycles. The predicted octanol–water partition coefficient (Wildman–Crippen LogP) is 3.16. The van der Waals surface area contributed by atoms with E-state index < -0.39 is 16.8 Å². The summed E-state index contributed by atoms with van der Waals surface area (Å²) in [6.45, 7) is 1.86. The summed E-state index contributed by atoms with van der Waals surface area (Å²) in [4.78, 5) is 22.1. The predicted molar refractivity (Wildman–Crippen MR) is 81.0 cm³/mol. The van der Waals surface area contributed by atoms with Crippen LogP contribution in [0.25, 0.3) is 11.6 Å². The third-order valence-corrected chi connectivity index (χ3v) is 2.90. The van der Waals surface area contributed by atoms with Crippen molar-refractivity contribution in [1.82, 2.24) is 0 Å². The fourth-order valence-electron chi connectivity index (χ4n) is 1.85. The van der Waals surface area contributed by atoms with Gasteiger partial charge >= 0.3 is 11.9 Å². The van der Waals surface area contributed by atoms with Gasteiger partial charge < -0.3 is 9.15 Å². The third kappa shape index (κ3) is 3.83. The number of benzene rings is 1. The molecule has 1 aromatic carbocycles. The first kappa shape index (κ1) is 16.0. The fourth-order valence-corrected chi connectivity index (χ4v) is 1.85. The fraction of sp³-hybridized carbons (Fsp3) is 0.125. The van der Waals surface area contributed by atoms with Gasteiger partial charge in [0.25, 0.3) is 0 Å². The number of nitriles is 1. The summed E-state index contributed by atoms with van der Waals surface area (Å²) in [5.74, 6) is -0.848. The van der Waals surface area contributed by atoms with Gasteiger partial charge in [-0.1, -0.05) is 12.1 Å². The Hall–Kier alpha value is -3.40. The molecule has 7 heteroatoms. The standard InChI is InChI=1S/C16H12N2O5/c1-2-22-16(19)14(12-5-3-11(10-17)4-6-12)9-13-7-8-15(23-13)18(20)21/h3-9H,2H2,1H3. The average molecular weight is 312 g/mol. The van der Waals surface area contributed by atoms with Crippen LogP contribution in [0.4, 0.5) is 5.88 Å². The molecule has 0 aliphatic heterocycles. The maximum Gasteiger partial charge on any atom is 0.433 e. The highest BCUT2D eigenvalue weighted by molar-refractivity contribution is 6.21. The average Bonchev–Trinajstić information content (AvgIpc) is 3.02. The molecule has 1 heterocycles. The number of carbonyl (C=O) groups excluding carboxylic acids is 1. The molecule has 0 fully saturated rings. The molecular formula is C16H12N2O5. The van der Waals surface area contributed by atoms with E-state index in [1.165, 1.54) is 18.2 Å². The summed E-state index contributed by atoms with van der Waals surface area (Å²) in [7, 11) is 0. The van der Waals surface area contributed by atoms with Crippen molar-refractivity contribution in [3.8, 4) is 6.07 Å². The van der Waals surface area contributed by atoms with Gasteiger partial charge in [0.1, 0.15) is 10.7 Å². The van der Waals surface area contributed by atoms with E-state index in [4.69, 9.17) is 14.4 Å². The molecule has 116 valence electrons. The molecular weight excluding hydrogens is 300 g/mol. The van der Waals surface area contributed by atoms with Crippen LogP contribution < -0.4 is 0 Å². The van der Waals surface area contributed by atoms with E-state index in [1.807, 2.05) is 6.07 Å². The molecule has 2 aromatic rings. The lowest BCUT2D eigenvalue weighted by molar-refractivity contribution is -0.402. The highest BCUT2D eigenvalue weighted by atomic mass is 16.6. The molecule has 0 atom stereocenters. The number of hydrogen-bond donors (Lipinski definition) is 0. The Morgan fingerprint density at radius 1 is 1.35 bits per heavy atom. The Labute approximate surface area is 131 Å². The van der Waals surface area contributed by atoms with Gasteiger partial charge in [-0.05, 0) is 36.8 Å². The van der Waals surface area contributed by atoms with E-state index in [2.05, 4.69) is 0 Å². The monoisotopic (exact) mass is 312 g/mol. The Kier molecular flexibility index (Phi) is 4.89. The summed E-state index contributed by atoms with van der Waals surface area (Å²) >= 11 is 0. The number of hydrogen-bond acceptors (Lipinski definition) is 6. The van der Waals surface area contributed by atoms with Gasteiger partial charge in [0.15, 0.2) is 0 Å². The second-order valence-electron chi connectivity index (χ2n) is 4.40. The molecule has 0 bridgehead atoms. The van der Waals surface area contributed by atoms with Crippen molar-refractivity contribution in [3.63, 3.8) is 0 Å². The van der Waals surface area contributed by atoms with Gasteiger partial charge in [0.2, 0.25) is 0 Å². The number of nitro groups is 1. The lowest BCUT2D eigenvalue weighted by Crippen LogP contribution is -2.06. The SMILES string of the molecule is CCOC(=O)C(=Cc1ccc([N+](=O)[O-])o1)c1ccc(C#N)cc1. The Morgan fingerprint density at radius 2 is 2.04 bits per heavy atom. The van der Waals surface area contributed by atoms with E-state index in [0.717, 1.165) is 0 Å². The van der Waals surface area contributed by atoms with Gasteiger partial charge in [0.05, 0.1) is 29.9 Å².